The van der Waals surface area contributed by atoms with E-state index in [9.17, 15) is 13.2 Å². The van der Waals surface area contributed by atoms with Gasteiger partial charge in [0.2, 0.25) is 0 Å². The second-order valence-electron chi connectivity index (χ2n) is 5.66. The Labute approximate surface area is 143 Å². The molecule has 0 spiro atoms. The van der Waals surface area contributed by atoms with E-state index in [0.29, 0.717) is 17.2 Å². The molecule has 0 atom stereocenters. The third kappa shape index (κ3) is 7.66. The fourth-order valence-electron chi connectivity index (χ4n) is 1.91. The van der Waals surface area contributed by atoms with E-state index in [2.05, 4.69) is 37.9 Å². The van der Waals surface area contributed by atoms with Crippen molar-refractivity contribution in [3.63, 3.8) is 0 Å². The van der Waals surface area contributed by atoms with Gasteiger partial charge in [0.1, 0.15) is 0 Å². The minimum atomic E-state index is -4.33. The van der Waals surface area contributed by atoms with E-state index in [1.54, 1.807) is 12.1 Å². The van der Waals surface area contributed by atoms with Crippen molar-refractivity contribution in [2.45, 2.75) is 60.6 Å². The van der Waals surface area contributed by atoms with Gasteiger partial charge in [0, 0.05) is 11.3 Å². The maximum atomic E-state index is 12.6. The molecule has 1 N–H and O–H groups in total. The Morgan fingerprint density at radius 2 is 1.67 bits per heavy atom. The molecule has 24 heavy (non-hydrogen) atoms. The van der Waals surface area contributed by atoms with Crippen LogP contribution in [-0.2, 0) is 12.6 Å². The van der Waals surface area contributed by atoms with Crippen LogP contribution in [0.25, 0.3) is 11.3 Å². The molecule has 0 saturated carbocycles. The zero-order chi connectivity index (χ0) is 18.8. The van der Waals surface area contributed by atoms with Gasteiger partial charge in [-0.15, -0.1) is 0 Å². The van der Waals surface area contributed by atoms with Crippen LogP contribution in [0.3, 0.4) is 0 Å². The molecule has 0 radical (unpaired) electrons. The van der Waals surface area contributed by atoms with Gasteiger partial charge in [0.25, 0.3) is 0 Å². The molecule has 1 heterocycles. The van der Waals surface area contributed by atoms with E-state index in [1.165, 1.54) is 12.5 Å². The van der Waals surface area contributed by atoms with E-state index in [4.69, 9.17) is 0 Å². The van der Waals surface area contributed by atoms with Crippen LogP contribution in [0.2, 0.25) is 0 Å². The van der Waals surface area contributed by atoms with Crippen LogP contribution in [0.1, 0.15) is 59.2 Å². The summed E-state index contributed by atoms with van der Waals surface area (Å²) in [6.45, 7) is 12.4. The Morgan fingerprint density at radius 3 is 2.17 bits per heavy atom. The number of aromatic amines is 1. The first kappa shape index (κ1) is 22.2. The van der Waals surface area contributed by atoms with E-state index in [1.807, 2.05) is 13.8 Å². The van der Waals surface area contributed by atoms with Gasteiger partial charge in [0.15, 0.2) is 0 Å². The summed E-state index contributed by atoms with van der Waals surface area (Å²) in [4.78, 5) is 0. The lowest BCUT2D eigenvalue weighted by Gasteiger charge is -2.07. The Balaban J connectivity index is 0.000000952. The SMILES string of the molecule is CC.CC(C)Cc1cc(-c2cccc(C(F)(F)F)c2)n[nH]1.CCC. The number of rotatable bonds is 3. The molecule has 0 bridgehead atoms. The smallest absolute Gasteiger partial charge is 0.282 e. The highest BCUT2D eigenvalue weighted by molar-refractivity contribution is 5.60. The Bertz CT molecular complexity index is 572. The monoisotopic (exact) mass is 342 g/mol. The molecular formula is C19H29F3N2. The quantitative estimate of drug-likeness (QED) is 0.657. The summed E-state index contributed by atoms with van der Waals surface area (Å²) in [5.74, 6) is 0.467. The molecule has 2 rings (SSSR count). The number of benzene rings is 1. The van der Waals surface area contributed by atoms with E-state index in [-0.39, 0.29) is 0 Å². The molecular weight excluding hydrogens is 313 g/mol. The lowest BCUT2D eigenvalue weighted by atomic mass is 10.1. The average molecular weight is 342 g/mol. The number of aromatic nitrogens is 2. The van der Waals surface area contributed by atoms with Crippen LogP contribution in [0.5, 0.6) is 0 Å². The number of H-pyrrole nitrogens is 1. The number of nitrogens with zero attached hydrogens (tertiary/aromatic N) is 1. The maximum Gasteiger partial charge on any atom is 0.416 e. The van der Waals surface area contributed by atoms with Gasteiger partial charge in [-0.3, -0.25) is 5.10 Å². The topological polar surface area (TPSA) is 28.7 Å². The number of hydrogen-bond donors (Lipinski definition) is 1. The van der Waals surface area contributed by atoms with Crippen molar-refractivity contribution in [3.8, 4) is 11.3 Å². The highest BCUT2D eigenvalue weighted by Gasteiger charge is 2.30. The molecule has 0 aliphatic heterocycles. The first-order valence-corrected chi connectivity index (χ1v) is 8.49. The summed E-state index contributed by atoms with van der Waals surface area (Å²) in [6.07, 6.45) is -2.25. The van der Waals surface area contributed by atoms with E-state index >= 15 is 0 Å². The highest BCUT2D eigenvalue weighted by Crippen LogP contribution is 2.31. The Hall–Kier alpha value is -1.78. The van der Waals surface area contributed by atoms with Gasteiger partial charge in [-0.25, -0.2) is 0 Å². The normalized spacial score (nSPS) is 10.6. The van der Waals surface area contributed by atoms with Crippen LogP contribution in [0, 0.1) is 5.92 Å². The average Bonchev–Trinajstić information content (AvgIpc) is 2.97. The van der Waals surface area contributed by atoms with Crippen molar-refractivity contribution < 1.29 is 13.2 Å². The van der Waals surface area contributed by atoms with Gasteiger partial charge in [-0.1, -0.05) is 60.1 Å². The van der Waals surface area contributed by atoms with E-state index in [0.717, 1.165) is 24.2 Å². The molecule has 1 aromatic carbocycles. The van der Waals surface area contributed by atoms with Gasteiger partial charge in [-0.2, -0.15) is 18.3 Å². The van der Waals surface area contributed by atoms with Crippen LogP contribution in [-0.4, -0.2) is 10.2 Å². The fraction of sp³-hybridized carbons (Fsp3) is 0.526. The van der Waals surface area contributed by atoms with E-state index < -0.39 is 11.7 Å². The molecule has 0 fully saturated rings. The zero-order valence-electron chi connectivity index (χ0n) is 15.5. The van der Waals surface area contributed by atoms with Crippen LogP contribution in [0.15, 0.2) is 30.3 Å². The van der Waals surface area contributed by atoms with Crippen molar-refractivity contribution in [1.29, 1.82) is 0 Å². The molecule has 0 aliphatic carbocycles. The van der Waals surface area contributed by atoms with Crippen molar-refractivity contribution in [1.82, 2.24) is 10.2 Å². The van der Waals surface area contributed by atoms with Crippen molar-refractivity contribution >= 4 is 0 Å². The second kappa shape index (κ2) is 10.9. The molecule has 0 unspecified atom stereocenters. The zero-order valence-corrected chi connectivity index (χ0v) is 15.5. The maximum absolute atomic E-state index is 12.6. The Morgan fingerprint density at radius 1 is 1.08 bits per heavy atom. The predicted molar refractivity (Wildman–Crippen MR) is 94.9 cm³/mol. The molecule has 5 heteroatoms. The summed E-state index contributed by atoms with van der Waals surface area (Å²) >= 11 is 0. The summed E-state index contributed by atoms with van der Waals surface area (Å²) in [7, 11) is 0. The lowest BCUT2D eigenvalue weighted by molar-refractivity contribution is -0.137. The first-order chi connectivity index (χ1) is 11.3. The van der Waals surface area contributed by atoms with Crippen molar-refractivity contribution in [2.24, 2.45) is 5.92 Å². The standard InChI is InChI=1S/C14H15F3N2.C3H8.C2H6/c1-9(2)6-12-8-13(19-18-12)10-4-3-5-11(7-10)14(15,16)17;1-3-2;1-2/h3-5,7-9H,6H2,1-2H3,(H,18,19);3H2,1-2H3;1-2H3. The van der Waals surface area contributed by atoms with Crippen molar-refractivity contribution in [2.75, 3.05) is 0 Å². The third-order valence-corrected chi connectivity index (χ3v) is 2.74. The minimum Gasteiger partial charge on any atom is -0.282 e. The third-order valence-electron chi connectivity index (χ3n) is 2.74. The largest absolute Gasteiger partial charge is 0.416 e. The molecule has 0 saturated heterocycles. The second-order valence-corrected chi connectivity index (χ2v) is 5.66. The Kier molecular flexibility index (Phi) is 10.1. The summed E-state index contributed by atoms with van der Waals surface area (Å²) in [5, 5.41) is 6.93. The van der Waals surface area contributed by atoms with Gasteiger partial charge < -0.3 is 0 Å². The molecule has 0 amide bonds. The van der Waals surface area contributed by atoms with Gasteiger partial charge in [-0.05, 0) is 30.5 Å². The fourth-order valence-corrected chi connectivity index (χ4v) is 1.91. The molecule has 2 aromatic rings. The van der Waals surface area contributed by atoms with Crippen molar-refractivity contribution in [3.05, 3.63) is 41.6 Å². The highest BCUT2D eigenvalue weighted by atomic mass is 19.4. The first-order valence-electron chi connectivity index (χ1n) is 8.49. The summed E-state index contributed by atoms with van der Waals surface area (Å²) < 4.78 is 37.9. The van der Waals surface area contributed by atoms with Gasteiger partial charge in [0.05, 0.1) is 11.3 Å². The number of nitrogens with one attached hydrogen (secondary N) is 1. The summed E-state index contributed by atoms with van der Waals surface area (Å²) in [6, 6.07) is 7.01. The van der Waals surface area contributed by atoms with Gasteiger partial charge >= 0.3 is 6.18 Å². The number of alkyl halides is 3. The van der Waals surface area contributed by atoms with Crippen LogP contribution in [0.4, 0.5) is 13.2 Å². The van der Waals surface area contributed by atoms with Crippen LogP contribution < -0.4 is 0 Å². The molecule has 1 aromatic heterocycles. The summed E-state index contributed by atoms with van der Waals surface area (Å²) in [5.41, 5.74) is 1.30. The molecule has 2 nitrogen and oxygen atoms in total. The van der Waals surface area contributed by atoms with Crippen LogP contribution >= 0.6 is 0 Å². The molecule has 136 valence electrons. The molecule has 0 aliphatic rings. The number of hydrogen-bond acceptors (Lipinski definition) is 1. The number of halogens is 3. The lowest BCUT2D eigenvalue weighted by Crippen LogP contribution is -2.04. The minimum absolute atomic E-state index is 0.467. The predicted octanol–water partition coefficient (Wildman–Crippen LogP) is 6.74.